The normalized spacial score (nSPS) is 13.6. The van der Waals surface area contributed by atoms with Crippen molar-refractivity contribution >= 4 is 11.9 Å². The Bertz CT molecular complexity index is 434. The quantitative estimate of drug-likeness (QED) is 0.682. The molecule has 0 amide bonds. The molecule has 72 valence electrons. The van der Waals surface area contributed by atoms with Gasteiger partial charge in [0.1, 0.15) is 6.61 Å². The van der Waals surface area contributed by atoms with Gasteiger partial charge in [-0.25, -0.2) is 9.59 Å². The van der Waals surface area contributed by atoms with Crippen molar-refractivity contribution < 1.29 is 19.4 Å². The van der Waals surface area contributed by atoms with Crippen LogP contribution < -0.4 is 0 Å². The summed E-state index contributed by atoms with van der Waals surface area (Å²) in [5.74, 6) is -1.64. The monoisotopic (exact) mass is 192 g/mol. The number of carbonyl (C=O) groups excluding carboxylic acids is 1. The number of carboxylic acid groups (broad SMARTS) is 1. The summed E-state index contributed by atoms with van der Waals surface area (Å²) in [4.78, 5) is 22.1. The second-order valence-corrected chi connectivity index (χ2v) is 3.16. The molecule has 0 bridgehead atoms. The van der Waals surface area contributed by atoms with Gasteiger partial charge in [-0.15, -0.1) is 0 Å². The molecule has 0 spiro atoms. The number of hydrogen-bond acceptors (Lipinski definition) is 3. The summed E-state index contributed by atoms with van der Waals surface area (Å²) in [6.07, 6.45) is 0. The number of aromatic carboxylic acids is 1. The number of carboxylic acids is 1. The first-order valence-electron chi connectivity index (χ1n) is 4.14. The van der Waals surface area contributed by atoms with Gasteiger partial charge < -0.3 is 9.84 Å². The fourth-order valence-electron chi connectivity index (χ4n) is 1.56. The van der Waals surface area contributed by atoms with E-state index in [1.54, 1.807) is 6.07 Å². The highest BCUT2D eigenvalue weighted by molar-refractivity contribution is 6.05. The van der Waals surface area contributed by atoms with Crippen LogP contribution in [0.5, 0.6) is 0 Å². The lowest BCUT2D eigenvalue weighted by Crippen LogP contribution is -2.06. The summed E-state index contributed by atoms with van der Waals surface area (Å²) in [5, 5.41) is 8.85. The van der Waals surface area contributed by atoms with Gasteiger partial charge in [-0.1, -0.05) is 6.07 Å². The van der Waals surface area contributed by atoms with Gasteiger partial charge in [-0.2, -0.15) is 0 Å². The Morgan fingerprint density at radius 2 is 2.21 bits per heavy atom. The SMILES string of the molecule is Cc1ccc(C(=O)O)c2c1COC2=O. The minimum Gasteiger partial charge on any atom is -0.478 e. The fourth-order valence-corrected chi connectivity index (χ4v) is 1.56. The summed E-state index contributed by atoms with van der Waals surface area (Å²) in [6.45, 7) is 2.01. The smallest absolute Gasteiger partial charge is 0.339 e. The number of cyclic esters (lactones) is 1. The van der Waals surface area contributed by atoms with E-state index in [2.05, 4.69) is 0 Å². The van der Waals surface area contributed by atoms with Crippen LogP contribution in [0, 0.1) is 6.92 Å². The highest BCUT2D eigenvalue weighted by atomic mass is 16.5. The topological polar surface area (TPSA) is 63.6 Å². The first-order valence-corrected chi connectivity index (χ1v) is 4.14. The third kappa shape index (κ3) is 1.08. The van der Waals surface area contributed by atoms with Gasteiger partial charge in [-0.3, -0.25) is 0 Å². The zero-order chi connectivity index (χ0) is 10.3. The summed E-state index contributed by atoms with van der Waals surface area (Å²) in [5.41, 5.74) is 1.80. The van der Waals surface area contributed by atoms with E-state index >= 15 is 0 Å². The Kier molecular flexibility index (Phi) is 1.77. The van der Waals surface area contributed by atoms with E-state index in [9.17, 15) is 9.59 Å². The van der Waals surface area contributed by atoms with E-state index in [-0.39, 0.29) is 17.7 Å². The summed E-state index contributed by atoms with van der Waals surface area (Å²) in [7, 11) is 0. The molecule has 1 aromatic carbocycles. The number of fused-ring (bicyclic) bond motifs is 1. The number of ether oxygens (including phenoxy) is 1. The van der Waals surface area contributed by atoms with Crippen LogP contribution in [0.25, 0.3) is 0 Å². The molecule has 0 saturated carbocycles. The third-order valence-corrected chi connectivity index (χ3v) is 2.33. The lowest BCUT2D eigenvalue weighted by molar-refractivity contribution is 0.0526. The third-order valence-electron chi connectivity index (χ3n) is 2.33. The highest BCUT2D eigenvalue weighted by Crippen LogP contribution is 2.26. The second-order valence-electron chi connectivity index (χ2n) is 3.16. The van der Waals surface area contributed by atoms with Crippen molar-refractivity contribution in [2.75, 3.05) is 0 Å². The Labute approximate surface area is 80.1 Å². The average Bonchev–Trinajstić information content (AvgIpc) is 2.50. The van der Waals surface area contributed by atoms with Gasteiger partial charge in [0.25, 0.3) is 0 Å². The molecule has 1 heterocycles. The van der Waals surface area contributed by atoms with Crippen molar-refractivity contribution in [3.8, 4) is 0 Å². The van der Waals surface area contributed by atoms with Crippen molar-refractivity contribution in [1.29, 1.82) is 0 Å². The molecule has 0 aliphatic carbocycles. The second kappa shape index (κ2) is 2.83. The number of rotatable bonds is 1. The first kappa shape index (κ1) is 8.74. The van der Waals surface area contributed by atoms with E-state index in [0.29, 0.717) is 5.56 Å². The predicted octanol–water partition coefficient (Wildman–Crippen LogP) is 1.36. The summed E-state index contributed by atoms with van der Waals surface area (Å²) < 4.78 is 4.79. The lowest BCUT2D eigenvalue weighted by atomic mass is 9.99. The Balaban J connectivity index is 2.72. The number of hydrogen-bond donors (Lipinski definition) is 1. The number of carbonyl (C=O) groups is 2. The molecule has 0 atom stereocenters. The molecular formula is C10H8O4. The molecule has 1 aliphatic heterocycles. The maximum Gasteiger partial charge on any atom is 0.339 e. The van der Waals surface area contributed by atoms with Crippen molar-refractivity contribution in [2.45, 2.75) is 13.5 Å². The van der Waals surface area contributed by atoms with Gasteiger partial charge in [0.2, 0.25) is 0 Å². The van der Waals surface area contributed by atoms with Crippen LogP contribution in [-0.4, -0.2) is 17.0 Å². The molecule has 4 nitrogen and oxygen atoms in total. The molecule has 14 heavy (non-hydrogen) atoms. The Morgan fingerprint density at radius 3 is 2.86 bits per heavy atom. The van der Waals surface area contributed by atoms with Crippen LogP contribution in [0.4, 0.5) is 0 Å². The van der Waals surface area contributed by atoms with Crippen LogP contribution in [0.15, 0.2) is 12.1 Å². The molecule has 2 rings (SSSR count). The number of aryl methyl sites for hydroxylation is 1. The van der Waals surface area contributed by atoms with Crippen LogP contribution in [0.1, 0.15) is 31.8 Å². The minimum absolute atomic E-state index is 0.0214. The first-order chi connectivity index (χ1) is 6.61. The number of esters is 1. The lowest BCUT2D eigenvalue weighted by Gasteiger charge is -2.02. The van der Waals surface area contributed by atoms with Gasteiger partial charge in [0, 0.05) is 5.56 Å². The fraction of sp³-hybridized carbons (Fsp3) is 0.200. The summed E-state index contributed by atoms with van der Waals surface area (Å²) >= 11 is 0. The van der Waals surface area contributed by atoms with E-state index in [4.69, 9.17) is 9.84 Å². The van der Waals surface area contributed by atoms with Gasteiger partial charge >= 0.3 is 11.9 Å². The van der Waals surface area contributed by atoms with Crippen molar-refractivity contribution in [1.82, 2.24) is 0 Å². The van der Waals surface area contributed by atoms with Crippen molar-refractivity contribution in [3.63, 3.8) is 0 Å². The van der Waals surface area contributed by atoms with Gasteiger partial charge in [-0.05, 0) is 18.6 Å². The zero-order valence-electron chi connectivity index (χ0n) is 7.53. The minimum atomic E-state index is -1.10. The maximum absolute atomic E-state index is 11.3. The molecule has 0 saturated heterocycles. The van der Waals surface area contributed by atoms with Crippen LogP contribution in [0.2, 0.25) is 0 Å². The number of benzene rings is 1. The van der Waals surface area contributed by atoms with Crippen molar-refractivity contribution in [3.05, 3.63) is 34.4 Å². The van der Waals surface area contributed by atoms with Crippen LogP contribution >= 0.6 is 0 Å². The van der Waals surface area contributed by atoms with Crippen LogP contribution in [-0.2, 0) is 11.3 Å². The molecule has 1 N–H and O–H groups in total. The van der Waals surface area contributed by atoms with E-state index in [1.165, 1.54) is 6.07 Å². The maximum atomic E-state index is 11.3. The Morgan fingerprint density at radius 1 is 1.50 bits per heavy atom. The highest BCUT2D eigenvalue weighted by Gasteiger charge is 2.28. The molecule has 4 heteroatoms. The molecular weight excluding hydrogens is 184 g/mol. The van der Waals surface area contributed by atoms with E-state index in [0.717, 1.165) is 5.56 Å². The van der Waals surface area contributed by atoms with Gasteiger partial charge in [0.15, 0.2) is 0 Å². The molecule has 0 aromatic heterocycles. The van der Waals surface area contributed by atoms with Crippen molar-refractivity contribution in [2.24, 2.45) is 0 Å². The molecule has 0 radical (unpaired) electrons. The zero-order valence-corrected chi connectivity index (χ0v) is 7.53. The van der Waals surface area contributed by atoms with Gasteiger partial charge in [0.05, 0.1) is 11.1 Å². The molecule has 1 aliphatic rings. The standard InChI is InChI=1S/C10H8O4/c1-5-2-3-6(9(11)12)8-7(5)4-14-10(8)13/h2-3H,4H2,1H3,(H,11,12). The summed E-state index contributed by atoms with van der Waals surface area (Å²) in [6, 6.07) is 3.12. The molecule has 0 unspecified atom stereocenters. The Hall–Kier alpha value is -1.84. The van der Waals surface area contributed by atoms with E-state index < -0.39 is 11.9 Å². The molecule has 0 fully saturated rings. The average molecular weight is 192 g/mol. The van der Waals surface area contributed by atoms with Crippen LogP contribution in [0.3, 0.4) is 0 Å². The predicted molar refractivity (Wildman–Crippen MR) is 47.3 cm³/mol. The van der Waals surface area contributed by atoms with E-state index in [1.807, 2.05) is 6.92 Å². The largest absolute Gasteiger partial charge is 0.478 e. The molecule has 1 aromatic rings.